The highest BCUT2D eigenvalue weighted by Gasteiger charge is 2.27. The molecule has 3 aromatic rings. The molecule has 3 heterocycles. The lowest BCUT2D eigenvalue weighted by atomic mass is 10.1. The zero-order valence-electron chi connectivity index (χ0n) is 20.2. The van der Waals surface area contributed by atoms with Gasteiger partial charge in [0.2, 0.25) is 5.88 Å². The molecule has 186 valence electrons. The Morgan fingerprint density at radius 3 is 2.43 bits per heavy atom. The van der Waals surface area contributed by atoms with Crippen molar-refractivity contribution in [2.24, 2.45) is 0 Å². The largest absolute Gasteiger partial charge is 0.480 e. The van der Waals surface area contributed by atoms with Gasteiger partial charge in [0.1, 0.15) is 5.60 Å². The molecule has 1 aliphatic heterocycles. The van der Waals surface area contributed by atoms with E-state index in [-0.39, 0.29) is 12.1 Å². The van der Waals surface area contributed by atoms with Crippen LogP contribution in [0.15, 0.2) is 30.6 Å². The monoisotopic (exact) mass is 500 g/mol. The van der Waals surface area contributed by atoms with Gasteiger partial charge in [-0.3, -0.25) is 0 Å². The maximum atomic E-state index is 12.7. The Labute approximate surface area is 208 Å². The van der Waals surface area contributed by atoms with Crippen molar-refractivity contribution in [2.75, 3.05) is 33.3 Å². The number of carbonyl (C=O) groups excluding carboxylic acids is 2. The summed E-state index contributed by atoms with van der Waals surface area (Å²) in [7, 11) is 1.53. The third kappa shape index (κ3) is 5.94. The minimum atomic E-state index is -0.543. The van der Waals surface area contributed by atoms with Gasteiger partial charge in [0.15, 0.2) is 0 Å². The number of hydrogen-bond donors (Lipinski definition) is 2. The lowest BCUT2D eigenvalue weighted by Gasteiger charge is -2.35. The number of piperazine rings is 1. The molecule has 0 aliphatic carbocycles. The summed E-state index contributed by atoms with van der Waals surface area (Å²) in [6.07, 6.45) is 2.80. The third-order valence-corrected chi connectivity index (χ3v) is 5.84. The number of amides is 3. The Balaban J connectivity index is 1.35. The molecular weight excluding hydrogens is 472 g/mol. The van der Waals surface area contributed by atoms with E-state index in [1.807, 2.05) is 39.0 Å². The number of benzene rings is 1. The van der Waals surface area contributed by atoms with Gasteiger partial charge in [0, 0.05) is 48.3 Å². The molecule has 1 aromatic carbocycles. The van der Waals surface area contributed by atoms with E-state index in [4.69, 9.17) is 21.1 Å². The maximum Gasteiger partial charge on any atom is 0.410 e. The zero-order valence-corrected chi connectivity index (χ0v) is 21.0. The molecule has 11 heteroatoms. The van der Waals surface area contributed by atoms with Crippen LogP contribution in [0.2, 0.25) is 5.02 Å². The fourth-order valence-corrected chi connectivity index (χ4v) is 4.04. The van der Waals surface area contributed by atoms with Gasteiger partial charge < -0.3 is 29.6 Å². The van der Waals surface area contributed by atoms with Crippen LogP contribution in [0.3, 0.4) is 0 Å². The summed E-state index contributed by atoms with van der Waals surface area (Å²) in [5, 5.41) is 4.41. The molecule has 0 unspecified atom stereocenters. The van der Waals surface area contributed by atoms with Gasteiger partial charge >= 0.3 is 12.1 Å². The average molecular weight is 501 g/mol. The first kappa shape index (κ1) is 24.6. The van der Waals surface area contributed by atoms with Gasteiger partial charge in [-0.05, 0) is 39.0 Å². The summed E-state index contributed by atoms with van der Waals surface area (Å²) in [6, 6.07) is 5.54. The molecule has 3 amide bonds. The van der Waals surface area contributed by atoms with Crippen molar-refractivity contribution in [2.45, 2.75) is 32.9 Å². The molecule has 1 saturated heterocycles. The number of carbonyl (C=O) groups is 2. The molecular formula is C24H29ClN6O4. The second-order valence-corrected chi connectivity index (χ2v) is 9.68. The molecule has 0 radical (unpaired) electrons. The number of halogens is 1. The molecule has 0 atom stereocenters. The van der Waals surface area contributed by atoms with Gasteiger partial charge in [0.05, 0.1) is 36.8 Å². The van der Waals surface area contributed by atoms with Crippen LogP contribution in [0.4, 0.5) is 9.59 Å². The number of nitrogens with zero attached hydrogens (tertiary/aromatic N) is 4. The molecule has 0 saturated carbocycles. The first-order chi connectivity index (χ1) is 16.6. The maximum absolute atomic E-state index is 12.7. The predicted molar refractivity (Wildman–Crippen MR) is 133 cm³/mol. The van der Waals surface area contributed by atoms with Crippen molar-refractivity contribution in [1.29, 1.82) is 0 Å². The summed E-state index contributed by atoms with van der Waals surface area (Å²) in [4.78, 5) is 40.1. The highest BCUT2D eigenvalue weighted by molar-refractivity contribution is 6.34. The quantitative estimate of drug-likeness (QED) is 0.559. The van der Waals surface area contributed by atoms with Crippen molar-refractivity contribution in [1.82, 2.24) is 30.1 Å². The van der Waals surface area contributed by atoms with Gasteiger partial charge in [-0.2, -0.15) is 0 Å². The molecule has 35 heavy (non-hydrogen) atoms. The van der Waals surface area contributed by atoms with E-state index in [9.17, 15) is 9.59 Å². The van der Waals surface area contributed by atoms with Crippen molar-refractivity contribution < 1.29 is 19.1 Å². The third-order valence-electron chi connectivity index (χ3n) is 5.53. The Bertz CT molecular complexity index is 1210. The summed E-state index contributed by atoms with van der Waals surface area (Å²) in [6.45, 7) is 7.59. The van der Waals surface area contributed by atoms with Gasteiger partial charge in [-0.25, -0.2) is 19.6 Å². The van der Waals surface area contributed by atoms with Gasteiger partial charge in [-0.15, -0.1) is 0 Å². The van der Waals surface area contributed by atoms with Gasteiger partial charge in [-0.1, -0.05) is 11.6 Å². The predicted octanol–water partition coefficient (Wildman–Crippen LogP) is 4.05. The second kappa shape index (κ2) is 9.99. The van der Waals surface area contributed by atoms with E-state index >= 15 is 0 Å². The summed E-state index contributed by atoms with van der Waals surface area (Å²) in [5.41, 5.74) is 2.55. The molecule has 1 aliphatic rings. The van der Waals surface area contributed by atoms with Crippen LogP contribution in [-0.4, -0.2) is 75.8 Å². The van der Waals surface area contributed by atoms with E-state index in [1.165, 1.54) is 7.11 Å². The number of nitrogens with one attached hydrogen (secondary N) is 2. The van der Waals surface area contributed by atoms with E-state index in [0.29, 0.717) is 49.3 Å². The number of aromatic amines is 1. The first-order valence-electron chi connectivity index (χ1n) is 11.3. The normalized spacial score (nSPS) is 14.2. The van der Waals surface area contributed by atoms with Crippen molar-refractivity contribution in [3.8, 4) is 17.1 Å². The second-order valence-electron chi connectivity index (χ2n) is 9.27. The minimum absolute atomic E-state index is 0.181. The standard InChI is InChI=1S/C24H29ClN6O4/c1-24(2,3)35-23(33)31-7-5-30(6-8-31)22(32)28-12-16-9-15-10-18(25)17(11-19(15)29-16)20-13-27-21(34-4)14-26-20/h9-11,13-14,29H,5-8,12H2,1-4H3,(H,28,32). The highest BCUT2D eigenvalue weighted by Crippen LogP contribution is 2.31. The van der Waals surface area contributed by atoms with E-state index in [1.54, 1.807) is 22.2 Å². The SMILES string of the molecule is COc1cnc(-c2cc3[nH]c(CNC(=O)N4CCN(C(=O)OC(C)(C)C)CC4)cc3cc2Cl)cn1. The van der Waals surface area contributed by atoms with Crippen LogP contribution >= 0.6 is 11.6 Å². The molecule has 2 N–H and O–H groups in total. The molecule has 2 aromatic heterocycles. The van der Waals surface area contributed by atoms with Crippen LogP contribution in [0, 0.1) is 0 Å². The Hall–Kier alpha value is -3.53. The van der Waals surface area contributed by atoms with E-state index in [2.05, 4.69) is 20.3 Å². The smallest absolute Gasteiger partial charge is 0.410 e. The number of fused-ring (bicyclic) bond motifs is 1. The molecule has 10 nitrogen and oxygen atoms in total. The highest BCUT2D eigenvalue weighted by atomic mass is 35.5. The number of ether oxygens (including phenoxy) is 2. The first-order valence-corrected chi connectivity index (χ1v) is 11.7. The average Bonchev–Trinajstić information content (AvgIpc) is 3.22. The summed E-state index contributed by atoms with van der Waals surface area (Å²) >= 11 is 6.49. The zero-order chi connectivity index (χ0) is 25.2. The molecule has 4 rings (SSSR count). The number of aromatic nitrogens is 3. The molecule has 0 spiro atoms. The molecule has 1 fully saturated rings. The Kier molecular flexibility index (Phi) is 7.02. The van der Waals surface area contributed by atoms with Crippen molar-refractivity contribution in [3.05, 3.63) is 41.3 Å². The Morgan fingerprint density at radius 1 is 1.09 bits per heavy atom. The van der Waals surface area contributed by atoms with Crippen LogP contribution in [-0.2, 0) is 11.3 Å². The summed E-state index contributed by atoms with van der Waals surface area (Å²) in [5.74, 6) is 0.426. The van der Waals surface area contributed by atoms with Crippen LogP contribution in [0.25, 0.3) is 22.2 Å². The fourth-order valence-electron chi connectivity index (χ4n) is 3.77. The lowest BCUT2D eigenvalue weighted by molar-refractivity contribution is 0.0170. The topological polar surface area (TPSA) is 113 Å². The number of urea groups is 1. The number of hydrogen-bond acceptors (Lipinski definition) is 6. The van der Waals surface area contributed by atoms with Crippen LogP contribution < -0.4 is 10.1 Å². The van der Waals surface area contributed by atoms with Crippen LogP contribution in [0.5, 0.6) is 5.88 Å². The molecule has 0 bridgehead atoms. The lowest BCUT2D eigenvalue weighted by Crippen LogP contribution is -2.53. The van der Waals surface area contributed by atoms with E-state index in [0.717, 1.165) is 22.2 Å². The number of methoxy groups -OCH3 is 1. The number of H-pyrrole nitrogens is 1. The minimum Gasteiger partial charge on any atom is -0.480 e. The summed E-state index contributed by atoms with van der Waals surface area (Å²) < 4.78 is 10.5. The van der Waals surface area contributed by atoms with Crippen molar-refractivity contribution in [3.63, 3.8) is 0 Å². The fraction of sp³-hybridized carbons (Fsp3) is 0.417. The number of rotatable bonds is 4. The Morgan fingerprint density at radius 2 is 1.80 bits per heavy atom. The van der Waals surface area contributed by atoms with E-state index < -0.39 is 5.60 Å². The van der Waals surface area contributed by atoms with Crippen molar-refractivity contribution >= 4 is 34.6 Å². The van der Waals surface area contributed by atoms with Crippen LogP contribution in [0.1, 0.15) is 26.5 Å². The van der Waals surface area contributed by atoms with Gasteiger partial charge in [0.25, 0.3) is 0 Å².